The van der Waals surface area contributed by atoms with E-state index in [0.29, 0.717) is 25.1 Å². The minimum atomic E-state index is -0.789. The number of benzene rings is 2. The molecule has 0 radical (unpaired) electrons. The Bertz CT molecular complexity index is 863. The summed E-state index contributed by atoms with van der Waals surface area (Å²) in [4.78, 5) is 36.7. The molecule has 0 unspecified atom stereocenters. The zero-order chi connectivity index (χ0) is 18.0. The first-order chi connectivity index (χ1) is 12.0. The summed E-state index contributed by atoms with van der Waals surface area (Å²) >= 11 is 0. The molecular formula is C18H17N3O4. The van der Waals surface area contributed by atoms with Crippen LogP contribution in [0.25, 0.3) is 0 Å². The van der Waals surface area contributed by atoms with Crippen molar-refractivity contribution in [3.05, 3.63) is 69.3 Å². The Labute approximate surface area is 144 Å². The number of hydrogen-bond acceptors (Lipinski definition) is 4. The van der Waals surface area contributed by atoms with Gasteiger partial charge in [0.2, 0.25) is 0 Å². The molecule has 2 amide bonds. The normalized spacial score (nSPS) is 13.1. The van der Waals surface area contributed by atoms with Crippen LogP contribution in [-0.4, -0.2) is 28.2 Å². The van der Waals surface area contributed by atoms with Gasteiger partial charge in [-0.15, -0.1) is 0 Å². The number of nitrogens with one attached hydrogen (secondary N) is 1. The van der Waals surface area contributed by atoms with Gasteiger partial charge in [-0.05, 0) is 30.5 Å². The summed E-state index contributed by atoms with van der Waals surface area (Å²) < 4.78 is 0. The van der Waals surface area contributed by atoms with Crippen LogP contribution in [-0.2, 0) is 22.6 Å². The SMILES string of the molecule is Cc1c(NC(=O)C(=O)N2CCc3ccccc3C2)cccc1[N+](=O)[O-]. The van der Waals surface area contributed by atoms with Gasteiger partial charge in [0, 0.05) is 19.2 Å². The molecule has 1 aliphatic rings. The van der Waals surface area contributed by atoms with E-state index >= 15 is 0 Å². The molecule has 128 valence electrons. The van der Waals surface area contributed by atoms with Crippen molar-refractivity contribution in [2.75, 3.05) is 11.9 Å². The Morgan fingerprint density at radius 3 is 2.56 bits per heavy atom. The second kappa shape index (κ2) is 6.72. The largest absolute Gasteiger partial charge is 0.330 e. The molecule has 25 heavy (non-hydrogen) atoms. The number of hydrogen-bond donors (Lipinski definition) is 1. The topological polar surface area (TPSA) is 92.6 Å². The molecular weight excluding hydrogens is 322 g/mol. The van der Waals surface area contributed by atoms with Crippen molar-refractivity contribution >= 4 is 23.2 Å². The van der Waals surface area contributed by atoms with Gasteiger partial charge >= 0.3 is 11.8 Å². The molecule has 0 fully saturated rings. The average molecular weight is 339 g/mol. The minimum absolute atomic E-state index is 0.0999. The minimum Gasteiger partial charge on any atom is -0.330 e. The second-order valence-corrected chi connectivity index (χ2v) is 5.91. The van der Waals surface area contributed by atoms with Crippen LogP contribution in [0.15, 0.2) is 42.5 Å². The van der Waals surface area contributed by atoms with Crippen molar-refractivity contribution in [1.29, 1.82) is 0 Å². The van der Waals surface area contributed by atoms with Crippen LogP contribution in [0, 0.1) is 17.0 Å². The maximum Gasteiger partial charge on any atom is 0.313 e. The van der Waals surface area contributed by atoms with E-state index < -0.39 is 16.7 Å². The molecule has 7 heteroatoms. The van der Waals surface area contributed by atoms with Crippen molar-refractivity contribution < 1.29 is 14.5 Å². The molecule has 0 spiro atoms. The molecule has 1 heterocycles. The van der Waals surface area contributed by atoms with Gasteiger partial charge in [0.25, 0.3) is 5.69 Å². The highest BCUT2D eigenvalue weighted by molar-refractivity contribution is 6.39. The lowest BCUT2D eigenvalue weighted by Crippen LogP contribution is -2.42. The third-order valence-corrected chi connectivity index (χ3v) is 4.36. The van der Waals surface area contributed by atoms with Crippen molar-refractivity contribution in [3.8, 4) is 0 Å². The van der Waals surface area contributed by atoms with Gasteiger partial charge in [-0.2, -0.15) is 0 Å². The highest BCUT2D eigenvalue weighted by Crippen LogP contribution is 2.25. The smallest absolute Gasteiger partial charge is 0.313 e. The Morgan fingerprint density at radius 1 is 1.12 bits per heavy atom. The van der Waals surface area contributed by atoms with Crippen LogP contribution in [0.3, 0.4) is 0 Å². The summed E-state index contributed by atoms with van der Waals surface area (Å²) in [7, 11) is 0. The predicted molar refractivity (Wildman–Crippen MR) is 92.0 cm³/mol. The molecule has 3 rings (SSSR count). The number of anilines is 1. The number of nitro benzene ring substituents is 1. The monoisotopic (exact) mass is 339 g/mol. The summed E-state index contributed by atoms with van der Waals surface area (Å²) in [6.45, 7) is 2.39. The first-order valence-electron chi connectivity index (χ1n) is 7.88. The van der Waals surface area contributed by atoms with Gasteiger partial charge in [0.15, 0.2) is 0 Å². The van der Waals surface area contributed by atoms with E-state index in [9.17, 15) is 19.7 Å². The summed E-state index contributed by atoms with van der Waals surface area (Å²) in [5, 5.41) is 13.5. The second-order valence-electron chi connectivity index (χ2n) is 5.91. The lowest BCUT2D eigenvalue weighted by Gasteiger charge is -2.28. The number of carbonyl (C=O) groups excluding carboxylic acids is 2. The first-order valence-corrected chi connectivity index (χ1v) is 7.88. The molecule has 7 nitrogen and oxygen atoms in total. The Hall–Kier alpha value is -3.22. The molecule has 0 bridgehead atoms. The standard InChI is InChI=1S/C18H17N3O4/c1-12-15(7-4-8-16(12)21(24)25)19-17(22)18(23)20-10-9-13-5-2-3-6-14(13)11-20/h2-8H,9-11H2,1H3,(H,19,22). The van der Waals surface area contributed by atoms with Gasteiger partial charge < -0.3 is 10.2 Å². The highest BCUT2D eigenvalue weighted by Gasteiger charge is 2.26. The maximum absolute atomic E-state index is 12.4. The third-order valence-electron chi connectivity index (χ3n) is 4.36. The zero-order valence-corrected chi connectivity index (χ0v) is 13.7. The molecule has 0 aliphatic carbocycles. The van der Waals surface area contributed by atoms with Crippen LogP contribution in [0.4, 0.5) is 11.4 Å². The molecule has 0 saturated heterocycles. The molecule has 1 aliphatic heterocycles. The van der Waals surface area contributed by atoms with E-state index in [1.165, 1.54) is 29.5 Å². The van der Waals surface area contributed by atoms with Crippen LogP contribution < -0.4 is 5.32 Å². The number of nitrogens with zero attached hydrogens (tertiary/aromatic N) is 2. The van der Waals surface area contributed by atoms with E-state index in [4.69, 9.17) is 0 Å². The number of fused-ring (bicyclic) bond motifs is 1. The Morgan fingerprint density at radius 2 is 1.84 bits per heavy atom. The van der Waals surface area contributed by atoms with Gasteiger partial charge in [-0.1, -0.05) is 30.3 Å². The van der Waals surface area contributed by atoms with Crippen LogP contribution in [0.5, 0.6) is 0 Å². The van der Waals surface area contributed by atoms with E-state index in [1.54, 1.807) is 6.07 Å². The van der Waals surface area contributed by atoms with Gasteiger partial charge in [-0.3, -0.25) is 19.7 Å². The van der Waals surface area contributed by atoms with Crippen LogP contribution in [0.1, 0.15) is 16.7 Å². The Balaban J connectivity index is 1.73. The summed E-state index contributed by atoms with van der Waals surface area (Å²) in [5.74, 6) is -1.43. The first kappa shape index (κ1) is 16.6. The van der Waals surface area contributed by atoms with E-state index in [2.05, 4.69) is 5.32 Å². The van der Waals surface area contributed by atoms with E-state index in [0.717, 1.165) is 5.56 Å². The summed E-state index contributed by atoms with van der Waals surface area (Å²) in [6, 6.07) is 12.2. The Kier molecular flexibility index (Phi) is 4.47. The van der Waals surface area contributed by atoms with E-state index in [-0.39, 0.29) is 11.4 Å². The number of nitro groups is 1. The quantitative estimate of drug-likeness (QED) is 0.517. The van der Waals surface area contributed by atoms with Gasteiger partial charge in [-0.25, -0.2) is 0 Å². The fourth-order valence-electron chi connectivity index (χ4n) is 2.95. The molecule has 2 aromatic rings. The van der Waals surface area contributed by atoms with Crippen molar-refractivity contribution in [2.24, 2.45) is 0 Å². The lowest BCUT2D eigenvalue weighted by molar-refractivity contribution is -0.385. The molecule has 2 aromatic carbocycles. The number of amides is 2. The van der Waals surface area contributed by atoms with Crippen molar-refractivity contribution in [2.45, 2.75) is 19.9 Å². The molecule has 0 saturated carbocycles. The zero-order valence-electron chi connectivity index (χ0n) is 13.7. The number of carbonyl (C=O) groups is 2. The fourth-order valence-corrected chi connectivity index (χ4v) is 2.95. The molecule has 1 N–H and O–H groups in total. The van der Waals surface area contributed by atoms with E-state index in [1.807, 2.05) is 24.3 Å². The predicted octanol–water partition coefficient (Wildman–Crippen LogP) is 2.43. The van der Waals surface area contributed by atoms with Crippen molar-refractivity contribution in [1.82, 2.24) is 4.90 Å². The lowest BCUT2D eigenvalue weighted by atomic mass is 10.00. The maximum atomic E-state index is 12.4. The summed E-state index contributed by atoms with van der Waals surface area (Å²) in [5.41, 5.74) is 2.70. The fraction of sp³-hybridized carbons (Fsp3) is 0.222. The van der Waals surface area contributed by atoms with Crippen LogP contribution >= 0.6 is 0 Å². The molecule has 0 aromatic heterocycles. The van der Waals surface area contributed by atoms with Gasteiger partial charge in [0.05, 0.1) is 16.2 Å². The summed E-state index contributed by atoms with van der Waals surface area (Å²) in [6.07, 6.45) is 0.699. The third kappa shape index (κ3) is 3.35. The van der Waals surface area contributed by atoms with Crippen molar-refractivity contribution in [3.63, 3.8) is 0 Å². The average Bonchev–Trinajstić information content (AvgIpc) is 2.62. The number of rotatable bonds is 2. The molecule has 0 atom stereocenters. The highest BCUT2D eigenvalue weighted by atomic mass is 16.6. The van der Waals surface area contributed by atoms with Gasteiger partial charge in [0.1, 0.15) is 0 Å². The van der Waals surface area contributed by atoms with Crippen LogP contribution in [0.2, 0.25) is 0 Å².